The van der Waals surface area contributed by atoms with Crippen molar-refractivity contribution in [3.05, 3.63) is 29.6 Å². The Morgan fingerprint density at radius 2 is 2.00 bits per heavy atom. The maximum Gasteiger partial charge on any atom is 0.165 e. The Hall–Kier alpha value is -1.38. The number of rotatable bonds is 5. The normalized spacial score (nSPS) is 11.4. The van der Waals surface area contributed by atoms with E-state index in [0.717, 1.165) is 12.0 Å². The average Bonchev–Trinajstić information content (AvgIpc) is 2.28. The summed E-state index contributed by atoms with van der Waals surface area (Å²) in [5.74, 6) is 0.151. The van der Waals surface area contributed by atoms with E-state index in [-0.39, 0.29) is 22.8 Å². The van der Waals surface area contributed by atoms with Crippen molar-refractivity contribution in [2.75, 3.05) is 7.11 Å². The SMILES string of the molecule is COc1ccc(CCCC(=O)C(C)(C)C)cc1F. The van der Waals surface area contributed by atoms with Gasteiger partial charge in [0.2, 0.25) is 0 Å². The third-order valence-electron chi connectivity index (χ3n) is 2.92. The minimum atomic E-state index is -0.350. The van der Waals surface area contributed by atoms with Gasteiger partial charge in [0.1, 0.15) is 5.78 Å². The van der Waals surface area contributed by atoms with E-state index in [9.17, 15) is 9.18 Å². The van der Waals surface area contributed by atoms with Gasteiger partial charge in [-0.1, -0.05) is 26.8 Å². The van der Waals surface area contributed by atoms with Crippen molar-refractivity contribution in [3.8, 4) is 5.75 Å². The quantitative estimate of drug-likeness (QED) is 0.797. The average molecular weight is 252 g/mol. The van der Waals surface area contributed by atoms with Crippen LogP contribution in [-0.4, -0.2) is 12.9 Å². The summed E-state index contributed by atoms with van der Waals surface area (Å²) < 4.78 is 18.3. The number of hydrogen-bond donors (Lipinski definition) is 0. The molecule has 0 saturated heterocycles. The lowest BCUT2D eigenvalue weighted by atomic mass is 9.87. The Labute approximate surface area is 108 Å². The molecule has 0 aliphatic heterocycles. The topological polar surface area (TPSA) is 26.3 Å². The molecule has 3 heteroatoms. The number of benzene rings is 1. The minimum Gasteiger partial charge on any atom is -0.494 e. The van der Waals surface area contributed by atoms with Crippen LogP contribution in [0.25, 0.3) is 0 Å². The summed E-state index contributed by atoms with van der Waals surface area (Å²) >= 11 is 0. The predicted octanol–water partition coefficient (Wildman–Crippen LogP) is 3.77. The number of Topliss-reactive ketones (excluding diaryl/α,β-unsaturated/α-hetero) is 1. The van der Waals surface area contributed by atoms with Crippen molar-refractivity contribution in [3.63, 3.8) is 0 Å². The number of ketones is 1. The van der Waals surface area contributed by atoms with E-state index in [2.05, 4.69) is 0 Å². The first-order valence-corrected chi connectivity index (χ1v) is 6.20. The molecule has 0 aliphatic rings. The molecule has 1 aromatic rings. The molecule has 0 N–H and O–H groups in total. The molecular formula is C15H21FO2. The lowest BCUT2D eigenvalue weighted by Crippen LogP contribution is -2.19. The van der Waals surface area contributed by atoms with Gasteiger partial charge in [0.15, 0.2) is 11.6 Å². The van der Waals surface area contributed by atoms with Crippen molar-refractivity contribution in [1.82, 2.24) is 0 Å². The lowest BCUT2D eigenvalue weighted by molar-refractivity contribution is -0.126. The summed E-state index contributed by atoms with van der Waals surface area (Å²) in [5, 5.41) is 0. The number of halogens is 1. The molecular weight excluding hydrogens is 231 g/mol. The predicted molar refractivity (Wildman–Crippen MR) is 70.4 cm³/mol. The molecule has 1 aromatic carbocycles. The van der Waals surface area contributed by atoms with Gasteiger partial charge in [-0.2, -0.15) is 0 Å². The van der Waals surface area contributed by atoms with Crippen LogP contribution in [-0.2, 0) is 11.2 Å². The highest BCUT2D eigenvalue weighted by atomic mass is 19.1. The zero-order valence-corrected chi connectivity index (χ0v) is 11.5. The first-order valence-electron chi connectivity index (χ1n) is 6.20. The van der Waals surface area contributed by atoms with Gasteiger partial charge in [-0.05, 0) is 30.5 Å². The molecule has 0 heterocycles. The molecule has 0 fully saturated rings. The second-order valence-corrected chi connectivity index (χ2v) is 5.50. The number of aryl methyl sites for hydroxylation is 1. The molecule has 0 unspecified atom stereocenters. The molecule has 18 heavy (non-hydrogen) atoms. The van der Waals surface area contributed by atoms with Crippen LogP contribution in [0.4, 0.5) is 4.39 Å². The molecule has 0 aromatic heterocycles. The van der Waals surface area contributed by atoms with Crippen molar-refractivity contribution in [2.45, 2.75) is 40.0 Å². The summed E-state index contributed by atoms with van der Waals surface area (Å²) in [6.07, 6.45) is 2.00. The van der Waals surface area contributed by atoms with Gasteiger partial charge in [0.05, 0.1) is 7.11 Å². The second-order valence-electron chi connectivity index (χ2n) is 5.50. The first kappa shape index (κ1) is 14.7. The monoisotopic (exact) mass is 252 g/mol. The fourth-order valence-electron chi connectivity index (χ4n) is 1.69. The summed E-state index contributed by atoms with van der Waals surface area (Å²) in [7, 11) is 1.44. The maximum atomic E-state index is 13.4. The first-order chi connectivity index (χ1) is 8.34. The van der Waals surface area contributed by atoms with Gasteiger partial charge in [-0.25, -0.2) is 4.39 Å². The molecule has 1 rings (SSSR count). The van der Waals surface area contributed by atoms with Gasteiger partial charge >= 0.3 is 0 Å². The van der Waals surface area contributed by atoms with Gasteiger partial charge < -0.3 is 4.74 Å². The zero-order chi connectivity index (χ0) is 13.8. The van der Waals surface area contributed by atoms with Gasteiger partial charge in [0.25, 0.3) is 0 Å². The van der Waals surface area contributed by atoms with Crippen LogP contribution < -0.4 is 4.74 Å². The largest absolute Gasteiger partial charge is 0.494 e. The van der Waals surface area contributed by atoms with E-state index in [1.165, 1.54) is 13.2 Å². The van der Waals surface area contributed by atoms with Crippen LogP contribution in [0.3, 0.4) is 0 Å². The van der Waals surface area contributed by atoms with Crippen LogP contribution in [0.2, 0.25) is 0 Å². The molecule has 0 amide bonds. The summed E-state index contributed by atoms with van der Waals surface area (Å²) in [5.41, 5.74) is 0.612. The van der Waals surface area contributed by atoms with Gasteiger partial charge in [-0.3, -0.25) is 4.79 Å². The van der Waals surface area contributed by atoms with Crippen molar-refractivity contribution in [1.29, 1.82) is 0 Å². The fourth-order valence-corrected chi connectivity index (χ4v) is 1.69. The number of ether oxygens (including phenoxy) is 1. The van der Waals surface area contributed by atoms with Crippen LogP contribution in [0, 0.1) is 11.2 Å². The molecule has 0 bridgehead atoms. The number of carbonyl (C=O) groups is 1. The van der Waals surface area contributed by atoms with E-state index < -0.39 is 0 Å². The third-order valence-corrected chi connectivity index (χ3v) is 2.92. The molecule has 0 radical (unpaired) electrons. The Morgan fingerprint density at radius 1 is 1.33 bits per heavy atom. The summed E-state index contributed by atoms with van der Waals surface area (Å²) in [6, 6.07) is 4.93. The Balaban J connectivity index is 2.50. The maximum absolute atomic E-state index is 13.4. The molecule has 2 nitrogen and oxygen atoms in total. The number of carbonyl (C=O) groups excluding carboxylic acids is 1. The molecule has 0 spiro atoms. The Bertz CT molecular complexity index is 419. The van der Waals surface area contributed by atoms with E-state index in [1.54, 1.807) is 6.07 Å². The van der Waals surface area contributed by atoms with Crippen LogP contribution >= 0.6 is 0 Å². The Morgan fingerprint density at radius 3 is 2.50 bits per heavy atom. The highest BCUT2D eigenvalue weighted by Crippen LogP contribution is 2.21. The fraction of sp³-hybridized carbons (Fsp3) is 0.533. The smallest absolute Gasteiger partial charge is 0.165 e. The zero-order valence-electron chi connectivity index (χ0n) is 11.5. The third kappa shape index (κ3) is 4.13. The van der Waals surface area contributed by atoms with E-state index in [0.29, 0.717) is 12.8 Å². The van der Waals surface area contributed by atoms with Gasteiger partial charge in [0, 0.05) is 11.8 Å². The van der Waals surface area contributed by atoms with E-state index in [4.69, 9.17) is 4.74 Å². The molecule has 0 aliphatic carbocycles. The highest BCUT2D eigenvalue weighted by Gasteiger charge is 2.20. The standard InChI is InChI=1S/C15H21FO2/c1-15(2,3)14(17)7-5-6-11-8-9-13(18-4)12(16)10-11/h8-10H,5-7H2,1-4H3. The highest BCUT2D eigenvalue weighted by molar-refractivity contribution is 5.83. The van der Waals surface area contributed by atoms with Crippen molar-refractivity contribution < 1.29 is 13.9 Å². The second kappa shape index (κ2) is 5.98. The van der Waals surface area contributed by atoms with Crippen LogP contribution in [0.1, 0.15) is 39.2 Å². The summed E-state index contributed by atoms with van der Waals surface area (Å²) in [6.45, 7) is 5.76. The summed E-state index contributed by atoms with van der Waals surface area (Å²) in [4.78, 5) is 11.7. The van der Waals surface area contributed by atoms with E-state index >= 15 is 0 Å². The molecule has 100 valence electrons. The Kier molecular flexibility index (Phi) is 4.88. The van der Waals surface area contributed by atoms with Crippen LogP contribution in [0.5, 0.6) is 5.75 Å². The number of methoxy groups -OCH3 is 1. The minimum absolute atomic E-state index is 0.247. The van der Waals surface area contributed by atoms with Gasteiger partial charge in [-0.15, -0.1) is 0 Å². The lowest BCUT2D eigenvalue weighted by Gasteiger charge is -2.16. The molecule has 0 atom stereocenters. The van der Waals surface area contributed by atoms with Crippen LogP contribution in [0.15, 0.2) is 18.2 Å². The number of hydrogen-bond acceptors (Lipinski definition) is 2. The molecule has 0 saturated carbocycles. The van der Waals surface area contributed by atoms with E-state index in [1.807, 2.05) is 26.8 Å². The van der Waals surface area contributed by atoms with Crippen molar-refractivity contribution >= 4 is 5.78 Å². The van der Waals surface area contributed by atoms with Crippen molar-refractivity contribution in [2.24, 2.45) is 5.41 Å².